The van der Waals surface area contributed by atoms with E-state index in [1.54, 1.807) is 25.6 Å². The van der Waals surface area contributed by atoms with E-state index in [4.69, 9.17) is 13.9 Å². The molecule has 0 spiro atoms. The summed E-state index contributed by atoms with van der Waals surface area (Å²) in [6.45, 7) is 3.95. The molecule has 0 aliphatic rings. The fourth-order valence-electron chi connectivity index (χ4n) is 2.86. The summed E-state index contributed by atoms with van der Waals surface area (Å²) in [5, 5.41) is 11.5. The lowest BCUT2D eigenvalue weighted by atomic mass is 10.2. The standard InChI is InChI=1S/C20H24N2O4S/c1-14-18(13-22(8-9-23)12-16-5-4-10-27-16)21-20(26-14)17-7-6-15(24-2)11-19(17)25-3/h4-7,10-11,23H,8-9,12-13H2,1-3H3. The molecule has 7 heteroatoms. The first-order valence-corrected chi connectivity index (χ1v) is 9.57. The number of nitrogens with zero attached hydrogens (tertiary/aromatic N) is 2. The number of benzene rings is 1. The minimum atomic E-state index is 0.0986. The molecule has 0 saturated heterocycles. The molecule has 1 N–H and O–H groups in total. The smallest absolute Gasteiger partial charge is 0.230 e. The number of aliphatic hydroxyl groups excluding tert-OH is 1. The van der Waals surface area contributed by atoms with Crippen LogP contribution in [0.25, 0.3) is 11.5 Å². The third-order valence-corrected chi connectivity index (χ3v) is 5.14. The molecular weight excluding hydrogens is 364 g/mol. The van der Waals surface area contributed by atoms with Crippen LogP contribution in [0, 0.1) is 6.92 Å². The van der Waals surface area contributed by atoms with Gasteiger partial charge >= 0.3 is 0 Å². The predicted molar refractivity (Wildman–Crippen MR) is 105 cm³/mol. The van der Waals surface area contributed by atoms with Crippen LogP contribution in [0.2, 0.25) is 0 Å². The van der Waals surface area contributed by atoms with Crippen molar-refractivity contribution in [3.8, 4) is 23.0 Å². The van der Waals surface area contributed by atoms with Crippen molar-refractivity contribution in [2.75, 3.05) is 27.4 Å². The Hall–Kier alpha value is -2.35. The maximum Gasteiger partial charge on any atom is 0.230 e. The summed E-state index contributed by atoms with van der Waals surface area (Å²) in [5.41, 5.74) is 1.63. The van der Waals surface area contributed by atoms with E-state index in [2.05, 4.69) is 21.3 Å². The van der Waals surface area contributed by atoms with E-state index in [1.807, 2.05) is 31.2 Å². The molecule has 0 unspecified atom stereocenters. The van der Waals surface area contributed by atoms with Gasteiger partial charge < -0.3 is 19.0 Å². The lowest BCUT2D eigenvalue weighted by molar-refractivity contribution is 0.183. The van der Waals surface area contributed by atoms with Crippen molar-refractivity contribution in [1.29, 1.82) is 0 Å². The minimum Gasteiger partial charge on any atom is -0.497 e. The molecular formula is C20H24N2O4S. The number of ether oxygens (including phenoxy) is 2. The highest BCUT2D eigenvalue weighted by Crippen LogP contribution is 2.34. The Morgan fingerprint density at radius 3 is 2.70 bits per heavy atom. The molecule has 0 radical (unpaired) electrons. The van der Waals surface area contributed by atoms with Gasteiger partial charge in [0.05, 0.1) is 32.1 Å². The normalized spacial score (nSPS) is 11.1. The van der Waals surface area contributed by atoms with Crippen molar-refractivity contribution in [3.63, 3.8) is 0 Å². The SMILES string of the molecule is COc1ccc(-c2nc(CN(CCO)Cc3cccs3)c(C)o2)c(OC)c1. The topological polar surface area (TPSA) is 68.0 Å². The van der Waals surface area contributed by atoms with Crippen molar-refractivity contribution in [3.05, 3.63) is 52.0 Å². The Bertz CT molecular complexity index is 861. The highest BCUT2D eigenvalue weighted by atomic mass is 32.1. The molecule has 0 saturated carbocycles. The Kier molecular flexibility index (Phi) is 6.49. The van der Waals surface area contributed by atoms with Crippen molar-refractivity contribution >= 4 is 11.3 Å². The molecule has 27 heavy (non-hydrogen) atoms. The van der Waals surface area contributed by atoms with Crippen LogP contribution in [0.3, 0.4) is 0 Å². The molecule has 3 aromatic rings. The zero-order chi connectivity index (χ0) is 19.2. The van der Waals surface area contributed by atoms with Crippen LogP contribution in [-0.4, -0.2) is 42.4 Å². The average Bonchev–Trinajstić information content (AvgIpc) is 3.31. The predicted octanol–water partition coefficient (Wildman–Crippen LogP) is 3.72. The van der Waals surface area contributed by atoms with E-state index < -0.39 is 0 Å². The minimum absolute atomic E-state index is 0.0986. The van der Waals surface area contributed by atoms with Gasteiger partial charge in [-0.2, -0.15) is 0 Å². The number of aromatic nitrogens is 1. The van der Waals surface area contributed by atoms with Crippen molar-refractivity contribution in [2.24, 2.45) is 0 Å². The van der Waals surface area contributed by atoms with Crippen LogP contribution < -0.4 is 9.47 Å². The Morgan fingerprint density at radius 1 is 1.19 bits per heavy atom. The highest BCUT2D eigenvalue weighted by Gasteiger charge is 2.18. The molecule has 0 bridgehead atoms. The molecule has 0 fully saturated rings. The van der Waals surface area contributed by atoms with Gasteiger partial charge in [-0.05, 0) is 30.5 Å². The number of oxazole rings is 1. The molecule has 1 aromatic carbocycles. The molecule has 2 heterocycles. The molecule has 0 amide bonds. The zero-order valence-corrected chi connectivity index (χ0v) is 16.6. The van der Waals surface area contributed by atoms with Gasteiger partial charge in [0.15, 0.2) is 0 Å². The van der Waals surface area contributed by atoms with Crippen molar-refractivity contribution in [1.82, 2.24) is 9.88 Å². The monoisotopic (exact) mass is 388 g/mol. The molecule has 144 valence electrons. The van der Waals surface area contributed by atoms with E-state index in [9.17, 15) is 5.11 Å². The van der Waals surface area contributed by atoms with Crippen molar-refractivity contribution in [2.45, 2.75) is 20.0 Å². The molecule has 0 aliphatic heterocycles. The Morgan fingerprint density at radius 2 is 2.04 bits per heavy atom. The summed E-state index contributed by atoms with van der Waals surface area (Å²) < 4.78 is 16.6. The zero-order valence-electron chi connectivity index (χ0n) is 15.8. The first-order chi connectivity index (χ1) is 13.1. The number of aliphatic hydroxyl groups is 1. The van der Waals surface area contributed by atoms with Crippen LogP contribution >= 0.6 is 11.3 Å². The van der Waals surface area contributed by atoms with Crippen LogP contribution in [0.15, 0.2) is 40.1 Å². The average molecular weight is 388 g/mol. The van der Waals surface area contributed by atoms with Gasteiger partial charge in [0, 0.05) is 30.6 Å². The van der Waals surface area contributed by atoms with Crippen LogP contribution in [0.5, 0.6) is 11.5 Å². The van der Waals surface area contributed by atoms with Gasteiger partial charge in [-0.1, -0.05) is 6.07 Å². The van der Waals surface area contributed by atoms with E-state index in [-0.39, 0.29) is 6.61 Å². The van der Waals surface area contributed by atoms with Crippen molar-refractivity contribution < 1.29 is 19.0 Å². The summed E-state index contributed by atoms with van der Waals surface area (Å²) in [6.07, 6.45) is 0. The van der Waals surface area contributed by atoms with Crippen LogP contribution in [-0.2, 0) is 13.1 Å². The lowest BCUT2D eigenvalue weighted by Crippen LogP contribution is -2.26. The highest BCUT2D eigenvalue weighted by molar-refractivity contribution is 7.09. The molecule has 0 aliphatic carbocycles. The summed E-state index contributed by atoms with van der Waals surface area (Å²) in [7, 11) is 3.23. The number of aryl methyl sites for hydroxylation is 1. The van der Waals surface area contributed by atoms with Gasteiger partial charge in [0.2, 0.25) is 5.89 Å². The molecule has 3 rings (SSSR count). The number of hydrogen-bond acceptors (Lipinski definition) is 7. The second-order valence-corrected chi connectivity index (χ2v) is 7.13. The molecule has 2 aromatic heterocycles. The number of methoxy groups -OCH3 is 2. The Balaban J connectivity index is 1.83. The third kappa shape index (κ3) is 4.68. The number of rotatable bonds is 9. The first-order valence-electron chi connectivity index (χ1n) is 8.69. The third-order valence-electron chi connectivity index (χ3n) is 4.28. The van der Waals surface area contributed by atoms with E-state index in [1.165, 1.54) is 4.88 Å². The number of hydrogen-bond donors (Lipinski definition) is 1. The largest absolute Gasteiger partial charge is 0.497 e. The first kappa shape index (κ1) is 19.4. The van der Waals surface area contributed by atoms with Crippen LogP contribution in [0.1, 0.15) is 16.3 Å². The van der Waals surface area contributed by atoms with E-state index >= 15 is 0 Å². The maximum absolute atomic E-state index is 9.40. The van der Waals surface area contributed by atoms with Gasteiger partial charge in [0.1, 0.15) is 17.3 Å². The quantitative estimate of drug-likeness (QED) is 0.603. The summed E-state index contributed by atoms with van der Waals surface area (Å²) in [6, 6.07) is 9.67. The van der Waals surface area contributed by atoms with Gasteiger partial charge in [-0.15, -0.1) is 11.3 Å². The Labute approximate surface area is 163 Å². The lowest BCUT2D eigenvalue weighted by Gasteiger charge is -2.19. The van der Waals surface area contributed by atoms with Gasteiger partial charge in [0.25, 0.3) is 0 Å². The second-order valence-electron chi connectivity index (χ2n) is 6.10. The maximum atomic E-state index is 9.40. The van der Waals surface area contributed by atoms with Gasteiger partial charge in [-0.3, -0.25) is 4.90 Å². The van der Waals surface area contributed by atoms with Crippen LogP contribution in [0.4, 0.5) is 0 Å². The molecule has 6 nitrogen and oxygen atoms in total. The second kappa shape index (κ2) is 9.03. The van der Waals surface area contributed by atoms with E-state index in [0.29, 0.717) is 30.5 Å². The van der Waals surface area contributed by atoms with E-state index in [0.717, 1.165) is 23.6 Å². The fraction of sp³-hybridized carbons (Fsp3) is 0.350. The summed E-state index contributed by atoms with van der Waals surface area (Å²) >= 11 is 1.71. The van der Waals surface area contributed by atoms with Gasteiger partial charge in [-0.25, -0.2) is 4.98 Å². The number of thiophene rings is 1. The summed E-state index contributed by atoms with van der Waals surface area (Å²) in [5.74, 6) is 2.64. The fourth-order valence-corrected chi connectivity index (χ4v) is 3.60. The summed E-state index contributed by atoms with van der Waals surface area (Å²) in [4.78, 5) is 8.10. The molecule has 0 atom stereocenters.